The molecule has 1 aliphatic heterocycles. The number of hydrogen-bond donors (Lipinski definition) is 2. The van der Waals surface area contributed by atoms with Gasteiger partial charge in [0, 0.05) is 30.6 Å². The van der Waals surface area contributed by atoms with Gasteiger partial charge in [0.1, 0.15) is 0 Å². The minimum absolute atomic E-state index is 0. The van der Waals surface area contributed by atoms with Crippen molar-refractivity contribution in [3.8, 4) is 0 Å². The number of likely N-dealkylation sites (tertiary alicyclic amines) is 1. The summed E-state index contributed by atoms with van der Waals surface area (Å²) in [6.45, 7) is 3.04. The van der Waals surface area contributed by atoms with E-state index in [-0.39, 0.29) is 24.9 Å². The number of aliphatic carboxylic acids is 1. The molecule has 0 bridgehead atoms. The summed E-state index contributed by atoms with van der Waals surface area (Å²) in [5.74, 6) is -0.773. The van der Waals surface area contributed by atoms with E-state index in [0.717, 1.165) is 38.0 Å². The highest BCUT2D eigenvalue weighted by atomic mass is 35.5. The summed E-state index contributed by atoms with van der Waals surface area (Å²) in [7, 11) is 1.86. The highest BCUT2D eigenvalue weighted by molar-refractivity contribution is 6.31. The van der Waals surface area contributed by atoms with Crippen molar-refractivity contribution >= 4 is 35.9 Å². The molecule has 0 spiro atoms. The monoisotopic (exact) mass is 403 g/mol. The Balaban J connectivity index is 0.00000338. The number of nitrogens with zero attached hydrogens (tertiary/aromatic N) is 2. The first-order valence-electron chi connectivity index (χ1n) is 8.60. The molecule has 0 aliphatic carbocycles. The van der Waals surface area contributed by atoms with Gasteiger partial charge in [-0.25, -0.2) is 0 Å². The van der Waals surface area contributed by atoms with E-state index in [0.29, 0.717) is 24.0 Å². The lowest BCUT2D eigenvalue weighted by atomic mass is 10.0. The second-order valence-corrected chi connectivity index (χ2v) is 6.91. The molecule has 0 radical (unpaired) electrons. The summed E-state index contributed by atoms with van der Waals surface area (Å²) in [6, 6.07) is 7.79. The van der Waals surface area contributed by atoms with Crippen molar-refractivity contribution in [1.29, 1.82) is 0 Å². The number of halogens is 2. The number of carboxylic acid groups (broad SMARTS) is 1. The largest absolute Gasteiger partial charge is 0.480 e. The van der Waals surface area contributed by atoms with Crippen molar-refractivity contribution in [2.24, 2.45) is 0 Å². The highest BCUT2D eigenvalue weighted by Crippen LogP contribution is 2.16. The zero-order valence-electron chi connectivity index (χ0n) is 15.0. The first kappa shape index (κ1) is 22.7. The van der Waals surface area contributed by atoms with Crippen LogP contribution in [0.2, 0.25) is 5.02 Å². The number of piperidine rings is 1. The van der Waals surface area contributed by atoms with Crippen LogP contribution in [0.1, 0.15) is 24.8 Å². The maximum Gasteiger partial charge on any atom is 0.317 e. The molecule has 1 fully saturated rings. The molecule has 26 heavy (non-hydrogen) atoms. The molecule has 1 aromatic rings. The Hall–Kier alpha value is -1.34. The second kappa shape index (κ2) is 11.4. The maximum absolute atomic E-state index is 12.0. The number of carboxylic acids is 1. The summed E-state index contributed by atoms with van der Waals surface area (Å²) in [5, 5.41) is 12.4. The Kier molecular flexibility index (Phi) is 9.94. The molecule has 1 saturated heterocycles. The van der Waals surface area contributed by atoms with Gasteiger partial charge >= 0.3 is 5.97 Å². The Morgan fingerprint density at radius 2 is 1.96 bits per heavy atom. The molecule has 146 valence electrons. The lowest BCUT2D eigenvalue weighted by Crippen LogP contribution is -2.45. The molecule has 1 aromatic carbocycles. The standard InChI is InChI=1S/C18H26ClN3O3.ClH/c1-21(13-18(24)25)15-6-9-22(10-7-15)11-8-17(23)20-12-14-4-2-3-5-16(14)19;/h2-5,15H,6-13H2,1H3,(H,20,23)(H,24,25);1H. The second-order valence-electron chi connectivity index (χ2n) is 6.50. The average Bonchev–Trinajstić information content (AvgIpc) is 2.59. The zero-order chi connectivity index (χ0) is 18.2. The average molecular weight is 404 g/mol. The number of amides is 1. The Bertz CT molecular complexity index is 593. The first-order chi connectivity index (χ1) is 12.0. The maximum atomic E-state index is 12.0. The van der Waals surface area contributed by atoms with Crippen molar-refractivity contribution in [1.82, 2.24) is 15.1 Å². The van der Waals surface area contributed by atoms with Gasteiger partial charge in [-0.1, -0.05) is 29.8 Å². The van der Waals surface area contributed by atoms with Gasteiger partial charge in [-0.15, -0.1) is 12.4 Å². The molecule has 1 aliphatic rings. The minimum Gasteiger partial charge on any atom is -0.480 e. The Labute approximate surface area is 165 Å². The molecule has 8 heteroatoms. The summed E-state index contributed by atoms with van der Waals surface area (Å²) in [6.07, 6.45) is 2.33. The molecule has 2 N–H and O–H groups in total. The topological polar surface area (TPSA) is 72.9 Å². The third-order valence-electron chi connectivity index (χ3n) is 4.65. The third kappa shape index (κ3) is 7.50. The minimum atomic E-state index is -0.792. The van der Waals surface area contributed by atoms with Crippen molar-refractivity contribution in [3.05, 3.63) is 34.9 Å². The molecule has 1 heterocycles. The van der Waals surface area contributed by atoms with Crippen molar-refractivity contribution in [3.63, 3.8) is 0 Å². The molecular formula is C18H27Cl2N3O3. The fourth-order valence-electron chi connectivity index (χ4n) is 3.11. The van der Waals surface area contributed by atoms with Gasteiger partial charge < -0.3 is 15.3 Å². The molecule has 6 nitrogen and oxygen atoms in total. The van der Waals surface area contributed by atoms with Crippen LogP contribution in [-0.2, 0) is 16.1 Å². The van der Waals surface area contributed by atoms with Crippen molar-refractivity contribution < 1.29 is 14.7 Å². The quantitative estimate of drug-likeness (QED) is 0.696. The number of carbonyl (C=O) groups excluding carboxylic acids is 1. The van der Waals surface area contributed by atoms with Crippen LogP contribution in [0, 0.1) is 0 Å². The fourth-order valence-corrected chi connectivity index (χ4v) is 3.31. The van der Waals surface area contributed by atoms with Gasteiger partial charge in [0.2, 0.25) is 5.91 Å². The van der Waals surface area contributed by atoms with Crippen LogP contribution in [-0.4, -0.2) is 66.1 Å². The molecule has 0 aromatic heterocycles. The van der Waals surface area contributed by atoms with E-state index < -0.39 is 5.97 Å². The van der Waals surface area contributed by atoms with Gasteiger partial charge in [-0.05, 0) is 44.6 Å². The molecule has 0 saturated carbocycles. The van der Waals surface area contributed by atoms with E-state index >= 15 is 0 Å². The third-order valence-corrected chi connectivity index (χ3v) is 5.02. The van der Waals surface area contributed by atoms with Gasteiger partial charge in [0.15, 0.2) is 0 Å². The van der Waals surface area contributed by atoms with Gasteiger partial charge in [0.25, 0.3) is 0 Å². The Morgan fingerprint density at radius 1 is 1.31 bits per heavy atom. The van der Waals surface area contributed by atoms with Crippen LogP contribution in [0.25, 0.3) is 0 Å². The van der Waals surface area contributed by atoms with Crippen LogP contribution in [0.4, 0.5) is 0 Å². The normalized spacial score (nSPS) is 15.5. The molecule has 2 rings (SSSR count). The summed E-state index contributed by atoms with van der Waals surface area (Å²) in [5.41, 5.74) is 0.916. The number of benzene rings is 1. The Morgan fingerprint density at radius 3 is 2.58 bits per heavy atom. The summed E-state index contributed by atoms with van der Waals surface area (Å²) >= 11 is 6.08. The predicted molar refractivity (Wildman–Crippen MR) is 105 cm³/mol. The highest BCUT2D eigenvalue weighted by Gasteiger charge is 2.23. The number of carbonyl (C=O) groups is 2. The molecular weight excluding hydrogens is 377 g/mol. The van der Waals surface area contributed by atoms with E-state index in [1.807, 2.05) is 36.2 Å². The van der Waals surface area contributed by atoms with Crippen molar-refractivity contribution in [2.75, 3.05) is 33.2 Å². The van der Waals surface area contributed by atoms with E-state index in [1.54, 1.807) is 0 Å². The van der Waals surface area contributed by atoms with Gasteiger partial charge in [0.05, 0.1) is 6.54 Å². The number of nitrogens with one attached hydrogen (secondary N) is 1. The van der Waals surface area contributed by atoms with Gasteiger partial charge in [-0.2, -0.15) is 0 Å². The van der Waals surface area contributed by atoms with Crippen LogP contribution in [0.15, 0.2) is 24.3 Å². The number of hydrogen-bond acceptors (Lipinski definition) is 4. The summed E-state index contributed by atoms with van der Waals surface area (Å²) in [4.78, 5) is 26.9. The van der Waals surface area contributed by atoms with Crippen LogP contribution >= 0.6 is 24.0 Å². The number of rotatable bonds is 8. The zero-order valence-corrected chi connectivity index (χ0v) is 16.6. The van der Waals surface area contributed by atoms with E-state index in [9.17, 15) is 9.59 Å². The predicted octanol–water partition coefficient (Wildman–Crippen LogP) is 2.25. The van der Waals surface area contributed by atoms with E-state index in [4.69, 9.17) is 16.7 Å². The smallest absolute Gasteiger partial charge is 0.317 e. The first-order valence-corrected chi connectivity index (χ1v) is 8.98. The van der Waals surface area contributed by atoms with E-state index in [2.05, 4.69) is 10.2 Å². The van der Waals surface area contributed by atoms with E-state index in [1.165, 1.54) is 0 Å². The van der Waals surface area contributed by atoms with Crippen LogP contribution < -0.4 is 5.32 Å². The lowest BCUT2D eigenvalue weighted by Gasteiger charge is -2.36. The molecule has 0 atom stereocenters. The molecule has 1 amide bonds. The number of likely N-dealkylation sites (N-methyl/N-ethyl adjacent to an activating group) is 1. The van der Waals surface area contributed by atoms with Crippen LogP contribution in [0.3, 0.4) is 0 Å². The fraction of sp³-hybridized carbons (Fsp3) is 0.556. The summed E-state index contributed by atoms with van der Waals surface area (Å²) < 4.78 is 0. The van der Waals surface area contributed by atoms with Crippen LogP contribution in [0.5, 0.6) is 0 Å². The van der Waals surface area contributed by atoms with Crippen molar-refractivity contribution in [2.45, 2.75) is 31.8 Å². The van der Waals surface area contributed by atoms with Gasteiger partial charge in [-0.3, -0.25) is 14.5 Å². The lowest BCUT2D eigenvalue weighted by molar-refractivity contribution is -0.138. The molecule has 0 unspecified atom stereocenters. The SMILES string of the molecule is CN(CC(=O)O)C1CCN(CCC(=O)NCc2ccccc2Cl)CC1.Cl.